The van der Waals surface area contributed by atoms with E-state index in [2.05, 4.69) is 9.72 Å². The fourth-order valence-corrected chi connectivity index (χ4v) is 1.38. The highest BCUT2D eigenvalue weighted by Crippen LogP contribution is 2.28. The van der Waals surface area contributed by atoms with E-state index in [4.69, 9.17) is 13.7 Å². The first-order valence-corrected chi connectivity index (χ1v) is 4.67. The molecule has 0 aromatic carbocycles. The largest absolute Gasteiger partial charge is 0.465 e. The summed E-state index contributed by atoms with van der Waals surface area (Å²) in [6, 6.07) is 0. The number of hydrogen-bond donors (Lipinski definition) is 0. The smallest absolute Gasteiger partial charge is 0.309 e. The fraction of sp³-hybridized carbons (Fsp3) is 0.667. The van der Waals surface area contributed by atoms with Crippen LogP contribution in [0.1, 0.15) is 38.5 Å². The van der Waals surface area contributed by atoms with Gasteiger partial charge in [0, 0.05) is 37.1 Å². The molecule has 2 atom stereocenters. The molecule has 16 heavy (non-hydrogen) atoms. The second-order valence-corrected chi connectivity index (χ2v) is 3.26. The van der Waals surface area contributed by atoms with Crippen molar-refractivity contribution in [2.45, 2.75) is 26.6 Å². The molecule has 0 bridgehead atoms. The summed E-state index contributed by atoms with van der Waals surface area (Å²) in [6.07, 6.45) is -6.57. The zero-order valence-corrected chi connectivity index (χ0v) is 8.92. The Labute approximate surface area is 110 Å². The Kier molecular flexibility index (Phi) is 1.11. The van der Waals surface area contributed by atoms with Crippen molar-refractivity contribution >= 4 is 5.97 Å². The van der Waals surface area contributed by atoms with Crippen molar-refractivity contribution in [2.24, 2.45) is 18.8 Å². The summed E-state index contributed by atoms with van der Waals surface area (Å²) >= 11 is 0. The number of aromatic nitrogens is 2. The van der Waals surface area contributed by atoms with Crippen molar-refractivity contribution in [1.82, 2.24) is 9.55 Å². The van der Waals surface area contributed by atoms with Gasteiger partial charge in [0.1, 0.15) is 5.82 Å². The number of cyclic esters (lactones) is 1. The molecule has 2 rings (SSSR count). The molecule has 0 saturated carbocycles. The Bertz CT molecular complexity index is 752. The predicted molar refractivity (Wildman–Crippen MR) is 59.9 cm³/mol. The van der Waals surface area contributed by atoms with E-state index in [0.717, 1.165) is 6.92 Å². The van der Waals surface area contributed by atoms with Gasteiger partial charge in [0.15, 0.2) is 0 Å². The van der Waals surface area contributed by atoms with Crippen LogP contribution in [-0.4, -0.2) is 22.1 Å². The van der Waals surface area contributed by atoms with E-state index < -0.39 is 56.0 Å². The minimum Gasteiger partial charge on any atom is -0.465 e. The van der Waals surface area contributed by atoms with Gasteiger partial charge >= 0.3 is 5.97 Å². The van der Waals surface area contributed by atoms with E-state index in [1.54, 1.807) is 0 Å². The molecule has 0 amide bonds. The number of hydrogen-bond acceptors (Lipinski definition) is 3. The van der Waals surface area contributed by atoms with Gasteiger partial charge < -0.3 is 9.30 Å². The first kappa shape index (κ1) is 4.17. The lowest BCUT2D eigenvalue weighted by Crippen LogP contribution is -2.18. The normalized spacial score (nSPS) is 45.8. The van der Waals surface area contributed by atoms with E-state index in [-0.39, 0.29) is 5.82 Å². The summed E-state index contributed by atoms with van der Waals surface area (Å²) in [4.78, 5) is 15.7. The number of carbonyl (C=O) groups is 1. The van der Waals surface area contributed by atoms with Crippen molar-refractivity contribution in [3.05, 3.63) is 17.7 Å². The predicted octanol–water partition coefficient (Wildman–Crippen LogP) is 1.47. The standard InChI is InChI=1S/C12H18N2O2/c1-4-11-9(7-16-12(11)15)5-10-6-13-8(2)14(10)3/h6,9,11H,4-5,7H2,1-3H3/t9-,11-/m0/s1/i3D3,4D2,5D2,6D,9D,11D. The highest BCUT2D eigenvalue weighted by molar-refractivity contribution is 5.74. The third-order valence-electron chi connectivity index (χ3n) is 2.24. The molecule has 0 unspecified atom stereocenters. The van der Waals surface area contributed by atoms with Crippen molar-refractivity contribution < 1.29 is 23.2 Å². The monoisotopic (exact) mass is 232 g/mol. The van der Waals surface area contributed by atoms with E-state index >= 15 is 0 Å². The Morgan fingerprint density at radius 2 is 2.75 bits per heavy atom. The Hall–Kier alpha value is -1.32. The Balaban J connectivity index is 2.82. The summed E-state index contributed by atoms with van der Waals surface area (Å²) in [6.45, 7) is -1.82. The number of ether oxygens (including phenoxy) is 1. The Morgan fingerprint density at radius 1 is 1.94 bits per heavy atom. The molecule has 88 valence electrons. The summed E-state index contributed by atoms with van der Waals surface area (Å²) in [7, 11) is 0. The van der Waals surface area contributed by atoms with Crippen LogP contribution >= 0.6 is 0 Å². The molecule has 0 spiro atoms. The highest BCUT2D eigenvalue weighted by Gasteiger charge is 2.35. The topological polar surface area (TPSA) is 44.1 Å². The molecular formula is C12H18N2O2. The first-order valence-electron chi connectivity index (χ1n) is 9.67. The zero-order chi connectivity index (χ0) is 20.5. The lowest BCUT2D eigenvalue weighted by atomic mass is 9.89. The van der Waals surface area contributed by atoms with E-state index in [1.165, 1.54) is 6.92 Å². The lowest BCUT2D eigenvalue weighted by molar-refractivity contribution is -0.141. The molecule has 4 nitrogen and oxygen atoms in total. The van der Waals surface area contributed by atoms with Crippen molar-refractivity contribution in [2.75, 3.05) is 6.61 Å². The van der Waals surface area contributed by atoms with Gasteiger partial charge in [-0.15, -0.1) is 0 Å². The number of carbonyl (C=O) groups excluding carboxylic acids is 1. The molecule has 1 saturated heterocycles. The third kappa shape index (κ3) is 1.84. The lowest BCUT2D eigenvalue weighted by Gasteiger charge is -2.13. The number of nitrogens with zero attached hydrogens (tertiary/aromatic N) is 2. The molecule has 1 aromatic heterocycles. The third-order valence-corrected chi connectivity index (χ3v) is 2.24. The molecule has 0 aliphatic carbocycles. The van der Waals surface area contributed by atoms with Crippen molar-refractivity contribution in [1.29, 1.82) is 0 Å². The van der Waals surface area contributed by atoms with Crippen LogP contribution in [0, 0.1) is 18.7 Å². The van der Waals surface area contributed by atoms with Crippen LogP contribution in [0.3, 0.4) is 0 Å². The maximum atomic E-state index is 12.1. The molecule has 2 heterocycles. The quantitative estimate of drug-likeness (QED) is 0.741. The van der Waals surface area contributed by atoms with E-state index in [0.29, 0.717) is 4.57 Å². The minimum atomic E-state index is -3.11. The van der Waals surface area contributed by atoms with Gasteiger partial charge in [0.25, 0.3) is 0 Å². The second kappa shape index (κ2) is 4.28. The average molecular weight is 232 g/mol. The maximum Gasteiger partial charge on any atom is 0.309 e. The SMILES string of the molecule is [2H]c1nc(C)n(C([2H])([2H])[2H])c1C([2H])([2H])[C@@]1([2H])COC(=O)[C@@]1([2H])C([2H])([2H])C. The summed E-state index contributed by atoms with van der Waals surface area (Å²) in [5.74, 6) is -7.49. The van der Waals surface area contributed by atoms with E-state index in [1.807, 2.05) is 0 Å². The van der Waals surface area contributed by atoms with Gasteiger partial charge in [0.2, 0.25) is 0 Å². The van der Waals surface area contributed by atoms with Crippen LogP contribution in [0.25, 0.3) is 0 Å². The molecule has 4 heteroatoms. The van der Waals surface area contributed by atoms with Gasteiger partial charge in [0.05, 0.1) is 13.9 Å². The van der Waals surface area contributed by atoms with Crippen LogP contribution < -0.4 is 0 Å². The van der Waals surface area contributed by atoms with Crippen molar-refractivity contribution in [3.8, 4) is 0 Å². The molecule has 0 radical (unpaired) electrons. The number of esters is 1. The fourth-order valence-electron chi connectivity index (χ4n) is 1.38. The minimum absolute atomic E-state index is 0.210. The number of rotatable bonds is 3. The average Bonchev–Trinajstić information content (AvgIpc) is 2.88. The molecule has 1 aliphatic rings. The number of aryl methyl sites for hydroxylation is 1. The zero-order valence-electron chi connectivity index (χ0n) is 18.9. The van der Waals surface area contributed by atoms with Crippen LogP contribution in [0.5, 0.6) is 0 Å². The van der Waals surface area contributed by atoms with Gasteiger partial charge in [-0.1, -0.05) is 6.92 Å². The molecule has 1 aliphatic heterocycles. The van der Waals surface area contributed by atoms with Gasteiger partial charge in [-0.25, -0.2) is 4.98 Å². The molecular weight excluding hydrogens is 204 g/mol. The molecule has 1 aromatic rings. The maximum absolute atomic E-state index is 12.1. The van der Waals surface area contributed by atoms with Crippen LogP contribution in [0.15, 0.2) is 6.17 Å². The summed E-state index contributed by atoms with van der Waals surface area (Å²) < 4.78 is 84.9. The second-order valence-electron chi connectivity index (χ2n) is 3.26. The van der Waals surface area contributed by atoms with Gasteiger partial charge in [-0.3, -0.25) is 4.79 Å². The Morgan fingerprint density at radius 3 is 3.44 bits per heavy atom. The van der Waals surface area contributed by atoms with E-state index in [9.17, 15) is 4.79 Å². The summed E-state index contributed by atoms with van der Waals surface area (Å²) in [5, 5.41) is 0. The molecule has 1 fully saturated rings. The summed E-state index contributed by atoms with van der Waals surface area (Å²) in [5.41, 5.74) is -0.829. The highest BCUT2D eigenvalue weighted by atomic mass is 16.5. The van der Waals surface area contributed by atoms with Crippen LogP contribution in [0.4, 0.5) is 0 Å². The van der Waals surface area contributed by atoms with Crippen LogP contribution in [-0.2, 0) is 22.9 Å². The van der Waals surface area contributed by atoms with Gasteiger partial charge in [-0.05, 0) is 19.7 Å². The number of imidazole rings is 1. The first-order chi connectivity index (χ1) is 11.4. The molecule has 0 N–H and O–H groups in total. The van der Waals surface area contributed by atoms with Crippen LogP contribution in [0.2, 0.25) is 0 Å². The van der Waals surface area contributed by atoms with Gasteiger partial charge in [-0.2, -0.15) is 0 Å². The van der Waals surface area contributed by atoms with Crippen molar-refractivity contribution in [3.63, 3.8) is 0 Å².